The van der Waals surface area contributed by atoms with Gasteiger partial charge in [-0.15, -0.1) is 11.3 Å². The van der Waals surface area contributed by atoms with Gasteiger partial charge in [0.05, 0.1) is 16.8 Å². The molecule has 4 rings (SSSR count). The van der Waals surface area contributed by atoms with E-state index in [9.17, 15) is 9.90 Å². The summed E-state index contributed by atoms with van der Waals surface area (Å²) >= 11 is 5.18. The lowest BCUT2D eigenvalue weighted by molar-refractivity contribution is 0.0698. The average Bonchev–Trinajstić information content (AvgIpc) is 2.94. The highest BCUT2D eigenvalue weighted by atomic mass is 79.9. The molecule has 0 atom stereocenters. The summed E-state index contributed by atoms with van der Waals surface area (Å²) < 4.78 is 0.781. The molecule has 1 aliphatic rings. The molecule has 21 heavy (non-hydrogen) atoms. The minimum atomic E-state index is -0.885. The van der Waals surface area contributed by atoms with E-state index in [0.717, 1.165) is 39.7 Å². The van der Waals surface area contributed by atoms with Crippen LogP contribution in [0.4, 0.5) is 0 Å². The van der Waals surface area contributed by atoms with Crippen LogP contribution in [0.15, 0.2) is 34.1 Å². The number of aryl methyl sites for hydroxylation is 1. The minimum Gasteiger partial charge on any atom is -0.478 e. The highest BCUT2D eigenvalue weighted by molar-refractivity contribution is 9.10. The molecule has 2 aromatic heterocycles. The fourth-order valence-electron chi connectivity index (χ4n) is 3.00. The number of hydrogen-bond acceptors (Lipinski definition) is 3. The zero-order valence-corrected chi connectivity index (χ0v) is 13.3. The molecular formula is C16H10BrNO2S. The molecule has 2 heterocycles. The van der Waals surface area contributed by atoms with Crippen molar-refractivity contribution in [2.45, 2.75) is 12.8 Å². The molecule has 1 N–H and O–H groups in total. The SMILES string of the molecule is O=C(O)c1c2c(nc3cccc(Br)c13)-c1ccsc1CC2. The van der Waals surface area contributed by atoms with Gasteiger partial charge in [0.25, 0.3) is 0 Å². The van der Waals surface area contributed by atoms with Crippen molar-refractivity contribution in [2.75, 3.05) is 0 Å². The molecule has 0 saturated heterocycles. The van der Waals surface area contributed by atoms with Gasteiger partial charge < -0.3 is 5.11 Å². The van der Waals surface area contributed by atoms with Crippen LogP contribution in [0.3, 0.4) is 0 Å². The molecule has 1 aliphatic carbocycles. The minimum absolute atomic E-state index is 0.388. The molecule has 0 amide bonds. The number of nitrogens with zero attached hydrogens (tertiary/aromatic N) is 1. The van der Waals surface area contributed by atoms with Crippen molar-refractivity contribution in [3.63, 3.8) is 0 Å². The lowest BCUT2D eigenvalue weighted by Gasteiger charge is -2.19. The van der Waals surface area contributed by atoms with Crippen molar-refractivity contribution in [1.29, 1.82) is 0 Å². The van der Waals surface area contributed by atoms with Gasteiger partial charge in [0.15, 0.2) is 0 Å². The summed E-state index contributed by atoms with van der Waals surface area (Å²) in [5.41, 5.74) is 3.89. The molecule has 1 aromatic carbocycles. The van der Waals surface area contributed by atoms with E-state index in [1.807, 2.05) is 29.6 Å². The van der Waals surface area contributed by atoms with E-state index in [0.29, 0.717) is 10.9 Å². The van der Waals surface area contributed by atoms with E-state index >= 15 is 0 Å². The van der Waals surface area contributed by atoms with Crippen LogP contribution in [-0.4, -0.2) is 16.1 Å². The van der Waals surface area contributed by atoms with Gasteiger partial charge in [-0.3, -0.25) is 0 Å². The summed E-state index contributed by atoms with van der Waals surface area (Å²) in [6.45, 7) is 0. The zero-order valence-electron chi connectivity index (χ0n) is 10.9. The monoisotopic (exact) mass is 359 g/mol. The molecule has 5 heteroatoms. The molecule has 104 valence electrons. The number of halogens is 1. The highest BCUT2D eigenvalue weighted by Gasteiger charge is 2.26. The quantitative estimate of drug-likeness (QED) is 0.694. The van der Waals surface area contributed by atoms with Crippen LogP contribution in [0, 0.1) is 0 Å². The fourth-order valence-corrected chi connectivity index (χ4v) is 4.43. The third-order valence-corrected chi connectivity index (χ3v) is 5.52. The van der Waals surface area contributed by atoms with E-state index in [2.05, 4.69) is 15.9 Å². The smallest absolute Gasteiger partial charge is 0.336 e. The zero-order chi connectivity index (χ0) is 14.6. The van der Waals surface area contributed by atoms with Crippen LogP contribution in [0.25, 0.3) is 22.2 Å². The number of fused-ring (bicyclic) bond motifs is 4. The average molecular weight is 360 g/mol. The van der Waals surface area contributed by atoms with E-state index in [-0.39, 0.29) is 0 Å². The predicted octanol–water partition coefficient (Wildman–Crippen LogP) is 4.52. The van der Waals surface area contributed by atoms with Gasteiger partial charge in [-0.2, -0.15) is 0 Å². The summed E-state index contributed by atoms with van der Waals surface area (Å²) in [5, 5.41) is 12.5. The number of rotatable bonds is 1. The number of carboxylic acids is 1. The van der Waals surface area contributed by atoms with E-state index in [1.54, 1.807) is 11.3 Å². The number of benzene rings is 1. The van der Waals surface area contributed by atoms with Crippen molar-refractivity contribution in [1.82, 2.24) is 4.98 Å². The number of carboxylic acid groups (broad SMARTS) is 1. The van der Waals surface area contributed by atoms with Gasteiger partial charge in [0.2, 0.25) is 0 Å². The molecule has 0 fully saturated rings. The van der Waals surface area contributed by atoms with Crippen molar-refractivity contribution < 1.29 is 9.90 Å². The van der Waals surface area contributed by atoms with E-state index < -0.39 is 5.97 Å². The highest BCUT2D eigenvalue weighted by Crippen LogP contribution is 2.40. The Kier molecular flexibility index (Phi) is 2.87. The normalized spacial score (nSPS) is 13.0. The summed E-state index contributed by atoms with van der Waals surface area (Å²) in [6.07, 6.45) is 1.62. The van der Waals surface area contributed by atoms with Gasteiger partial charge in [-0.05, 0) is 42.0 Å². The number of pyridine rings is 1. The Hall–Kier alpha value is -1.72. The van der Waals surface area contributed by atoms with Gasteiger partial charge in [0.1, 0.15) is 0 Å². The first kappa shape index (κ1) is 13.0. The number of thiophene rings is 1. The van der Waals surface area contributed by atoms with Crippen molar-refractivity contribution in [3.05, 3.63) is 50.1 Å². The summed E-state index contributed by atoms with van der Waals surface area (Å²) in [6, 6.07) is 7.66. The second kappa shape index (κ2) is 4.64. The van der Waals surface area contributed by atoms with Crippen LogP contribution >= 0.6 is 27.3 Å². The van der Waals surface area contributed by atoms with Gasteiger partial charge >= 0.3 is 5.97 Å². The number of carbonyl (C=O) groups is 1. The molecule has 0 bridgehead atoms. The van der Waals surface area contributed by atoms with Crippen LogP contribution in [0.5, 0.6) is 0 Å². The first-order chi connectivity index (χ1) is 10.2. The van der Waals surface area contributed by atoms with Crippen LogP contribution in [0.1, 0.15) is 20.8 Å². The molecule has 0 spiro atoms. The first-order valence-electron chi connectivity index (χ1n) is 6.58. The maximum absolute atomic E-state index is 11.8. The maximum atomic E-state index is 11.8. The van der Waals surface area contributed by atoms with E-state index in [4.69, 9.17) is 4.98 Å². The topological polar surface area (TPSA) is 50.2 Å². The van der Waals surface area contributed by atoms with Gasteiger partial charge in [-0.25, -0.2) is 9.78 Å². The molecule has 3 nitrogen and oxygen atoms in total. The summed E-state index contributed by atoms with van der Waals surface area (Å²) in [5.74, 6) is -0.885. The molecule has 0 radical (unpaired) electrons. The van der Waals surface area contributed by atoms with Crippen molar-refractivity contribution in [3.8, 4) is 11.3 Å². The van der Waals surface area contributed by atoms with Crippen LogP contribution in [-0.2, 0) is 12.8 Å². The lowest BCUT2D eigenvalue weighted by atomic mass is 9.89. The van der Waals surface area contributed by atoms with Crippen LogP contribution in [0.2, 0.25) is 0 Å². The molecule has 0 saturated carbocycles. The second-order valence-electron chi connectivity index (χ2n) is 5.01. The number of aromatic nitrogens is 1. The third kappa shape index (κ3) is 1.84. The predicted molar refractivity (Wildman–Crippen MR) is 87.1 cm³/mol. The lowest BCUT2D eigenvalue weighted by Crippen LogP contribution is -2.12. The Balaban J connectivity index is 2.19. The Morgan fingerprint density at radius 2 is 2.14 bits per heavy atom. The van der Waals surface area contributed by atoms with Crippen molar-refractivity contribution >= 4 is 44.1 Å². The Bertz CT molecular complexity index is 901. The Morgan fingerprint density at radius 3 is 2.95 bits per heavy atom. The standard InChI is InChI=1S/C16H10BrNO2S/c17-10-2-1-3-11-14(10)13(16(19)20)9-4-5-12-8(6-7-21-12)15(9)18-11/h1-3,6-7H,4-5H2,(H,19,20). The summed E-state index contributed by atoms with van der Waals surface area (Å²) in [7, 11) is 0. The molecule has 3 aromatic rings. The fraction of sp³-hybridized carbons (Fsp3) is 0.125. The molecule has 0 unspecified atom stereocenters. The number of hydrogen-bond donors (Lipinski definition) is 1. The largest absolute Gasteiger partial charge is 0.478 e. The first-order valence-corrected chi connectivity index (χ1v) is 8.25. The molecular weight excluding hydrogens is 350 g/mol. The van der Waals surface area contributed by atoms with Crippen molar-refractivity contribution in [2.24, 2.45) is 0 Å². The second-order valence-corrected chi connectivity index (χ2v) is 6.87. The van der Waals surface area contributed by atoms with Crippen LogP contribution < -0.4 is 0 Å². The van der Waals surface area contributed by atoms with E-state index in [1.165, 1.54) is 4.88 Å². The molecule has 0 aliphatic heterocycles. The van der Waals surface area contributed by atoms with Gasteiger partial charge in [0, 0.05) is 20.3 Å². The number of aromatic carboxylic acids is 1. The van der Waals surface area contributed by atoms with Gasteiger partial charge in [-0.1, -0.05) is 22.0 Å². The maximum Gasteiger partial charge on any atom is 0.336 e. The third-order valence-electron chi connectivity index (χ3n) is 3.88. The summed E-state index contributed by atoms with van der Waals surface area (Å²) in [4.78, 5) is 17.9. The Morgan fingerprint density at radius 1 is 1.29 bits per heavy atom. The Labute approximate surface area is 133 Å².